The van der Waals surface area contributed by atoms with E-state index >= 15 is 0 Å². The lowest BCUT2D eigenvalue weighted by molar-refractivity contribution is 0.0907. The summed E-state index contributed by atoms with van der Waals surface area (Å²) in [6, 6.07) is 7.89. The van der Waals surface area contributed by atoms with E-state index in [9.17, 15) is 9.00 Å². The molecular formula is C17H17NO2S. The third kappa shape index (κ3) is 2.13. The standard InChI is InChI=1S/C17H17NO2S/c19-17(12-7-13-5-6-14(8-12)21(13)20)16-10-18-9-11-3-1-2-4-15(11)16/h1-4,9-10,12-14H,5-8H2. The maximum Gasteiger partial charge on any atom is 0.168 e. The summed E-state index contributed by atoms with van der Waals surface area (Å²) in [6.45, 7) is 0. The molecule has 3 heterocycles. The van der Waals surface area contributed by atoms with Crippen LogP contribution in [0, 0.1) is 5.92 Å². The molecule has 0 aliphatic carbocycles. The summed E-state index contributed by atoms with van der Waals surface area (Å²) in [6.07, 6.45) is 7.10. The van der Waals surface area contributed by atoms with Gasteiger partial charge in [0, 0.05) is 50.6 Å². The van der Waals surface area contributed by atoms with Gasteiger partial charge in [-0.25, -0.2) is 0 Å². The lowest BCUT2D eigenvalue weighted by atomic mass is 9.89. The van der Waals surface area contributed by atoms with E-state index in [0.29, 0.717) is 0 Å². The molecule has 21 heavy (non-hydrogen) atoms. The monoisotopic (exact) mass is 299 g/mol. The average Bonchev–Trinajstić information content (AvgIpc) is 2.75. The minimum absolute atomic E-state index is 0.0211. The first kappa shape index (κ1) is 13.1. The molecule has 1 aromatic carbocycles. The predicted molar refractivity (Wildman–Crippen MR) is 83.7 cm³/mol. The van der Waals surface area contributed by atoms with Crippen LogP contribution in [-0.2, 0) is 10.8 Å². The average molecular weight is 299 g/mol. The number of hydrogen-bond donors (Lipinski definition) is 0. The summed E-state index contributed by atoms with van der Waals surface area (Å²) in [4.78, 5) is 17.1. The molecule has 2 atom stereocenters. The predicted octanol–water partition coefficient (Wildman–Crippen LogP) is 3.11. The topological polar surface area (TPSA) is 47.0 Å². The van der Waals surface area contributed by atoms with Crippen LogP contribution < -0.4 is 0 Å². The van der Waals surface area contributed by atoms with Crippen LogP contribution in [0.25, 0.3) is 10.8 Å². The molecule has 4 rings (SSSR count). The fourth-order valence-corrected chi connectivity index (χ4v) is 5.90. The van der Waals surface area contributed by atoms with Crippen molar-refractivity contribution in [1.29, 1.82) is 0 Å². The minimum Gasteiger partial charge on any atom is -0.294 e. The summed E-state index contributed by atoms with van der Waals surface area (Å²) >= 11 is 0. The Kier molecular flexibility index (Phi) is 3.14. The molecule has 3 nitrogen and oxygen atoms in total. The molecule has 2 saturated heterocycles. The zero-order valence-electron chi connectivity index (χ0n) is 11.7. The van der Waals surface area contributed by atoms with Gasteiger partial charge in [0.2, 0.25) is 0 Å². The number of Topliss-reactive ketones (excluding diaryl/α,β-unsaturated/α-hetero) is 1. The molecule has 0 N–H and O–H groups in total. The lowest BCUT2D eigenvalue weighted by Gasteiger charge is -2.26. The van der Waals surface area contributed by atoms with Crippen LogP contribution in [0.2, 0.25) is 0 Å². The van der Waals surface area contributed by atoms with Gasteiger partial charge in [0.05, 0.1) is 0 Å². The number of rotatable bonds is 2. The number of carbonyl (C=O) groups is 1. The van der Waals surface area contributed by atoms with Crippen LogP contribution in [0.4, 0.5) is 0 Å². The molecule has 4 heteroatoms. The summed E-state index contributed by atoms with van der Waals surface area (Å²) in [5, 5.41) is 2.46. The Morgan fingerprint density at radius 2 is 1.81 bits per heavy atom. The molecule has 2 fully saturated rings. The van der Waals surface area contributed by atoms with Gasteiger partial charge in [-0.15, -0.1) is 0 Å². The normalized spacial score (nSPS) is 31.4. The van der Waals surface area contributed by atoms with Gasteiger partial charge in [-0.2, -0.15) is 0 Å². The van der Waals surface area contributed by atoms with Crippen molar-refractivity contribution in [1.82, 2.24) is 4.98 Å². The van der Waals surface area contributed by atoms with Crippen LogP contribution in [0.1, 0.15) is 36.0 Å². The smallest absolute Gasteiger partial charge is 0.168 e. The van der Waals surface area contributed by atoms with E-state index in [1.807, 2.05) is 24.3 Å². The van der Waals surface area contributed by atoms with Crippen LogP contribution in [0.3, 0.4) is 0 Å². The highest BCUT2D eigenvalue weighted by Gasteiger charge is 2.43. The molecular weight excluding hydrogens is 282 g/mol. The summed E-state index contributed by atoms with van der Waals surface area (Å²) in [7, 11) is -0.707. The van der Waals surface area contributed by atoms with E-state index in [1.165, 1.54) is 0 Å². The largest absolute Gasteiger partial charge is 0.294 e. The van der Waals surface area contributed by atoms with Gasteiger partial charge in [0.15, 0.2) is 5.78 Å². The van der Waals surface area contributed by atoms with Crippen molar-refractivity contribution in [2.75, 3.05) is 0 Å². The second kappa shape index (κ2) is 5.02. The highest BCUT2D eigenvalue weighted by atomic mass is 32.2. The van der Waals surface area contributed by atoms with Crippen LogP contribution in [0.5, 0.6) is 0 Å². The number of ketones is 1. The maximum absolute atomic E-state index is 12.9. The Bertz CT molecular complexity index is 721. The number of carbonyl (C=O) groups excluding carboxylic acids is 1. The quantitative estimate of drug-likeness (QED) is 0.801. The highest BCUT2D eigenvalue weighted by Crippen LogP contribution is 2.40. The molecule has 2 aromatic rings. The Labute approximate surface area is 126 Å². The Morgan fingerprint density at radius 1 is 1.10 bits per heavy atom. The molecule has 0 radical (unpaired) electrons. The Morgan fingerprint density at radius 3 is 2.57 bits per heavy atom. The van der Waals surface area contributed by atoms with Gasteiger partial charge in [0.1, 0.15) is 0 Å². The summed E-state index contributed by atoms with van der Waals surface area (Å²) in [5.74, 6) is 0.209. The van der Waals surface area contributed by atoms with Crippen molar-refractivity contribution in [3.05, 3.63) is 42.2 Å². The van der Waals surface area contributed by atoms with E-state index in [0.717, 1.165) is 42.0 Å². The Hall–Kier alpha value is -1.55. The first-order chi connectivity index (χ1) is 10.2. The maximum atomic E-state index is 12.9. The highest BCUT2D eigenvalue weighted by molar-refractivity contribution is 7.86. The minimum atomic E-state index is -0.707. The molecule has 2 bridgehead atoms. The van der Waals surface area contributed by atoms with Gasteiger partial charge in [-0.3, -0.25) is 14.0 Å². The van der Waals surface area contributed by atoms with Crippen molar-refractivity contribution < 1.29 is 9.00 Å². The summed E-state index contributed by atoms with van der Waals surface area (Å²) < 4.78 is 12.1. The van der Waals surface area contributed by atoms with Crippen molar-refractivity contribution >= 4 is 27.4 Å². The third-order valence-corrected chi connectivity index (χ3v) is 7.04. The van der Waals surface area contributed by atoms with Crippen LogP contribution in [0.15, 0.2) is 36.7 Å². The number of benzene rings is 1. The first-order valence-corrected chi connectivity index (χ1v) is 8.78. The van der Waals surface area contributed by atoms with E-state index in [-0.39, 0.29) is 22.2 Å². The first-order valence-electron chi connectivity index (χ1n) is 7.50. The number of nitrogens with zero attached hydrogens (tertiary/aromatic N) is 1. The zero-order chi connectivity index (χ0) is 14.4. The van der Waals surface area contributed by atoms with Crippen LogP contribution >= 0.6 is 0 Å². The SMILES string of the molecule is O=C(c1cncc2ccccc12)C1CC2CCC(C1)S2=O. The molecule has 0 saturated carbocycles. The van der Waals surface area contributed by atoms with Crippen molar-refractivity contribution in [2.45, 2.75) is 36.2 Å². The number of aromatic nitrogens is 1. The van der Waals surface area contributed by atoms with Crippen molar-refractivity contribution in [2.24, 2.45) is 5.92 Å². The van der Waals surface area contributed by atoms with E-state index in [4.69, 9.17) is 0 Å². The number of hydrogen-bond acceptors (Lipinski definition) is 3. The van der Waals surface area contributed by atoms with Gasteiger partial charge in [-0.1, -0.05) is 24.3 Å². The van der Waals surface area contributed by atoms with E-state index in [1.54, 1.807) is 12.4 Å². The van der Waals surface area contributed by atoms with Crippen molar-refractivity contribution in [3.8, 4) is 0 Å². The molecule has 0 spiro atoms. The Balaban J connectivity index is 1.70. The molecule has 108 valence electrons. The molecule has 0 amide bonds. The second-order valence-electron chi connectivity index (χ2n) is 6.09. The second-order valence-corrected chi connectivity index (χ2v) is 8.08. The molecule has 2 aliphatic heterocycles. The van der Waals surface area contributed by atoms with Gasteiger partial charge in [0.25, 0.3) is 0 Å². The number of pyridine rings is 1. The summed E-state index contributed by atoms with van der Waals surface area (Å²) in [5.41, 5.74) is 0.727. The zero-order valence-corrected chi connectivity index (χ0v) is 12.5. The van der Waals surface area contributed by atoms with Crippen molar-refractivity contribution in [3.63, 3.8) is 0 Å². The lowest BCUT2D eigenvalue weighted by Crippen LogP contribution is -2.32. The van der Waals surface area contributed by atoms with Gasteiger partial charge >= 0.3 is 0 Å². The molecule has 1 aromatic heterocycles. The van der Waals surface area contributed by atoms with Gasteiger partial charge < -0.3 is 0 Å². The fourth-order valence-electron chi connectivity index (χ4n) is 3.78. The third-order valence-electron chi connectivity index (χ3n) is 4.87. The van der Waals surface area contributed by atoms with E-state index < -0.39 is 10.8 Å². The van der Waals surface area contributed by atoms with Gasteiger partial charge in [-0.05, 0) is 31.1 Å². The molecule has 2 unspecified atom stereocenters. The van der Waals surface area contributed by atoms with E-state index in [2.05, 4.69) is 4.98 Å². The fraction of sp³-hybridized carbons (Fsp3) is 0.412. The van der Waals surface area contributed by atoms with Crippen LogP contribution in [-0.4, -0.2) is 25.5 Å². The number of fused-ring (bicyclic) bond motifs is 3. The molecule has 2 aliphatic rings.